The lowest BCUT2D eigenvalue weighted by Crippen LogP contribution is -2.43. The highest BCUT2D eigenvalue weighted by molar-refractivity contribution is 7.90. The van der Waals surface area contributed by atoms with E-state index in [4.69, 9.17) is 10.9 Å². The van der Waals surface area contributed by atoms with Gasteiger partial charge in [-0.15, -0.1) is 0 Å². The summed E-state index contributed by atoms with van der Waals surface area (Å²) in [5.74, 6) is -0.252. The van der Waals surface area contributed by atoms with Gasteiger partial charge < -0.3 is 15.8 Å². The molecule has 1 aliphatic rings. The largest absolute Gasteiger partial charge is 0.409 e. The molecule has 0 aromatic heterocycles. The molecule has 1 fully saturated rings. The number of carbonyl (C=O) groups is 1. The monoisotopic (exact) mass is 311 g/mol. The lowest BCUT2D eigenvalue weighted by atomic mass is 10.1. The smallest absolute Gasteiger partial charge is 0.254 e. The second-order valence-corrected chi connectivity index (χ2v) is 6.99. The van der Waals surface area contributed by atoms with Crippen LogP contribution in [-0.4, -0.2) is 49.1 Å². The van der Waals surface area contributed by atoms with Gasteiger partial charge in [0.15, 0.2) is 15.7 Å². The van der Waals surface area contributed by atoms with Crippen molar-refractivity contribution in [2.45, 2.75) is 23.8 Å². The third-order valence-corrected chi connectivity index (χ3v) is 4.63. The van der Waals surface area contributed by atoms with Gasteiger partial charge in [0, 0.05) is 18.4 Å². The maximum absolute atomic E-state index is 12.4. The van der Waals surface area contributed by atoms with Crippen molar-refractivity contribution < 1.29 is 18.4 Å². The standard InChI is InChI=1S/C13H17N3O4S/c1-21(19,20)10-6-4-9(5-7-10)13(17)16-8-2-3-11(16)12(14)15-18/h4-7,11,18H,2-3,8H2,1H3,(H2,14,15). The van der Waals surface area contributed by atoms with Crippen molar-refractivity contribution in [1.29, 1.82) is 0 Å². The Balaban J connectivity index is 2.24. The molecule has 1 atom stereocenters. The van der Waals surface area contributed by atoms with E-state index in [0.29, 0.717) is 18.5 Å². The predicted octanol–water partition coefficient (Wildman–Crippen LogP) is 0.441. The van der Waals surface area contributed by atoms with E-state index in [1.54, 1.807) is 0 Å². The molecule has 21 heavy (non-hydrogen) atoms. The fraction of sp³-hybridized carbons (Fsp3) is 0.385. The highest BCUT2D eigenvalue weighted by atomic mass is 32.2. The van der Waals surface area contributed by atoms with Gasteiger partial charge in [0.1, 0.15) is 0 Å². The summed E-state index contributed by atoms with van der Waals surface area (Å²) < 4.78 is 22.8. The van der Waals surface area contributed by atoms with Gasteiger partial charge in [-0.1, -0.05) is 5.16 Å². The van der Waals surface area contributed by atoms with Crippen LogP contribution < -0.4 is 5.73 Å². The van der Waals surface area contributed by atoms with E-state index in [2.05, 4.69) is 5.16 Å². The Morgan fingerprint density at radius 3 is 2.52 bits per heavy atom. The number of amidine groups is 1. The van der Waals surface area contributed by atoms with Crippen LogP contribution >= 0.6 is 0 Å². The summed E-state index contributed by atoms with van der Waals surface area (Å²) >= 11 is 0. The van der Waals surface area contributed by atoms with E-state index in [-0.39, 0.29) is 16.6 Å². The first-order chi connectivity index (χ1) is 9.84. The molecule has 8 heteroatoms. The highest BCUT2D eigenvalue weighted by Gasteiger charge is 2.32. The van der Waals surface area contributed by atoms with Crippen molar-refractivity contribution in [1.82, 2.24) is 4.90 Å². The van der Waals surface area contributed by atoms with Gasteiger partial charge in [-0.2, -0.15) is 0 Å². The van der Waals surface area contributed by atoms with Crippen molar-refractivity contribution in [2.75, 3.05) is 12.8 Å². The summed E-state index contributed by atoms with van der Waals surface area (Å²) in [5, 5.41) is 11.7. The van der Waals surface area contributed by atoms with E-state index in [0.717, 1.165) is 12.7 Å². The normalized spacial score (nSPS) is 19.8. The van der Waals surface area contributed by atoms with Crippen LogP contribution in [0.25, 0.3) is 0 Å². The Labute approximate surface area is 123 Å². The number of sulfone groups is 1. The molecule has 0 radical (unpaired) electrons. The van der Waals surface area contributed by atoms with Gasteiger partial charge in [0.05, 0.1) is 10.9 Å². The Kier molecular flexibility index (Phi) is 4.17. The van der Waals surface area contributed by atoms with Crippen LogP contribution in [0.4, 0.5) is 0 Å². The molecular formula is C13H17N3O4S. The maximum atomic E-state index is 12.4. The number of rotatable bonds is 3. The van der Waals surface area contributed by atoms with Crippen LogP contribution in [-0.2, 0) is 9.84 Å². The van der Waals surface area contributed by atoms with E-state index in [1.807, 2.05) is 0 Å². The van der Waals surface area contributed by atoms with E-state index >= 15 is 0 Å². The van der Waals surface area contributed by atoms with Gasteiger partial charge in [-0.25, -0.2) is 8.42 Å². The van der Waals surface area contributed by atoms with Gasteiger partial charge in [0.2, 0.25) is 0 Å². The molecule has 1 unspecified atom stereocenters. The Morgan fingerprint density at radius 2 is 2.00 bits per heavy atom. The molecule has 1 aliphatic heterocycles. The van der Waals surface area contributed by atoms with Crippen LogP contribution in [0.1, 0.15) is 23.2 Å². The fourth-order valence-electron chi connectivity index (χ4n) is 2.39. The minimum atomic E-state index is -3.29. The summed E-state index contributed by atoms with van der Waals surface area (Å²) in [4.78, 5) is 14.1. The van der Waals surface area contributed by atoms with E-state index in [1.165, 1.54) is 29.2 Å². The van der Waals surface area contributed by atoms with Crippen LogP contribution in [0, 0.1) is 0 Å². The van der Waals surface area contributed by atoms with Gasteiger partial charge in [0.25, 0.3) is 5.91 Å². The first-order valence-electron chi connectivity index (χ1n) is 6.43. The molecule has 0 aliphatic carbocycles. The number of nitrogens with zero attached hydrogens (tertiary/aromatic N) is 2. The van der Waals surface area contributed by atoms with Crippen molar-refractivity contribution in [2.24, 2.45) is 10.9 Å². The van der Waals surface area contributed by atoms with Crippen LogP contribution in [0.5, 0.6) is 0 Å². The molecule has 1 saturated heterocycles. The van der Waals surface area contributed by atoms with Crippen molar-refractivity contribution in [3.63, 3.8) is 0 Å². The lowest BCUT2D eigenvalue weighted by Gasteiger charge is -2.23. The third kappa shape index (κ3) is 3.15. The molecule has 114 valence electrons. The third-order valence-electron chi connectivity index (χ3n) is 3.50. The molecule has 1 aromatic rings. The molecule has 3 N–H and O–H groups in total. The van der Waals surface area contributed by atoms with Gasteiger partial charge >= 0.3 is 0 Å². The number of likely N-dealkylation sites (tertiary alicyclic amines) is 1. The van der Waals surface area contributed by atoms with Crippen LogP contribution in [0.2, 0.25) is 0 Å². The van der Waals surface area contributed by atoms with Gasteiger partial charge in [-0.3, -0.25) is 4.79 Å². The number of nitrogens with two attached hydrogens (primary N) is 1. The average molecular weight is 311 g/mol. The molecular weight excluding hydrogens is 294 g/mol. The van der Waals surface area contributed by atoms with Crippen molar-refractivity contribution >= 4 is 21.6 Å². The minimum absolute atomic E-state index is 0.00797. The quantitative estimate of drug-likeness (QED) is 0.364. The topological polar surface area (TPSA) is 113 Å². The van der Waals surface area contributed by atoms with Crippen LogP contribution in [0.15, 0.2) is 34.3 Å². The zero-order valence-electron chi connectivity index (χ0n) is 11.6. The molecule has 0 spiro atoms. The van der Waals surface area contributed by atoms with E-state index in [9.17, 15) is 13.2 Å². The lowest BCUT2D eigenvalue weighted by molar-refractivity contribution is 0.0768. The maximum Gasteiger partial charge on any atom is 0.254 e. The number of oxime groups is 1. The molecule has 7 nitrogen and oxygen atoms in total. The number of amides is 1. The molecule has 2 rings (SSSR count). The summed E-state index contributed by atoms with van der Waals surface area (Å²) in [7, 11) is -3.29. The Morgan fingerprint density at radius 1 is 1.38 bits per heavy atom. The summed E-state index contributed by atoms with van der Waals surface area (Å²) in [6, 6.07) is 5.33. The number of hydrogen-bond donors (Lipinski definition) is 2. The second kappa shape index (κ2) is 5.72. The SMILES string of the molecule is CS(=O)(=O)c1ccc(C(=O)N2CCCC2C(N)=NO)cc1. The number of benzene rings is 1. The molecule has 1 heterocycles. The first-order valence-corrected chi connectivity index (χ1v) is 8.32. The fourth-order valence-corrected chi connectivity index (χ4v) is 3.02. The minimum Gasteiger partial charge on any atom is -0.409 e. The number of carbonyl (C=O) groups excluding carboxylic acids is 1. The summed E-state index contributed by atoms with van der Waals surface area (Å²) in [6.45, 7) is 0.521. The molecule has 1 aromatic carbocycles. The molecule has 0 bridgehead atoms. The highest BCUT2D eigenvalue weighted by Crippen LogP contribution is 2.21. The zero-order chi connectivity index (χ0) is 15.6. The zero-order valence-corrected chi connectivity index (χ0v) is 12.4. The first kappa shape index (κ1) is 15.3. The Bertz CT molecular complexity index is 667. The molecule has 1 amide bonds. The molecule has 0 saturated carbocycles. The second-order valence-electron chi connectivity index (χ2n) is 4.98. The summed E-state index contributed by atoms with van der Waals surface area (Å²) in [5.41, 5.74) is 5.97. The number of hydrogen-bond acceptors (Lipinski definition) is 5. The average Bonchev–Trinajstić information content (AvgIpc) is 2.94. The van der Waals surface area contributed by atoms with Gasteiger partial charge in [-0.05, 0) is 37.1 Å². The predicted molar refractivity (Wildman–Crippen MR) is 77.0 cm³/mol. The van der Waals surface area contributed by atoms with Crippen molar-refractivity contribution in [3.8, 4) is 0 Å². The van der Waals surface area contributed by atoms with Crippen LogP contribution in [0.3, 0.4) is 0 Å². The Hall–Kier alpha value is -2.09. The van der Waals surface area contributed by atoms with E-state index < -0.39 is 15.9 Å². The summed E-state index contributed by atoms with van der Waals surface area (Å²) in [6.07, 6.45) is 2.52. The van der Waals surface area contributed by atoms with Crippen molar-refractivity contribution in [3.05, 3.63) is 29.8 Å².